The molecule has 2 N–H and O–H groups in total. The Hall–Kier alpha value is -3.26. The van der Waals surface area contributed by atoms with E-state index in [0.29, 0.717) is 23.4 Å². The van der Waals surface area contributed by atoms with Crippen molar-refractivity contribution in [3.63, 3.8) is 0 Å². The first-order valence-corrected chi connectivity index (χ1v) is 7.65. The van der Waals surface area contributed by atoms with Crippen LogP contribution in [0, 0.1) is 10.1 Å². The summed E-state index contributed by atoms with van der Waals surface area (Å²) < 4.78 is 5.43. The average Bonchev–Trinajstić information content (AvgIpc) is 2.64. The topological polar surface area (TPSA) is 110 Å². The number of nitrogens with zero attached hydrogens (tertiary/aromatic N) is 3. The van der Waals surface area contributed by atoms with Crippen LogP contribution in [-0.2, 0) is 6.54 Å². The molecule has 128 valence electrons. The summed E-state index contributed by atoms with van der Waals surface area (Å²) in [5.74, 6) is 0.538. The van der Waals surface area contributed by atoms with Crippen molar-refractivity contribution in [3.8, 4) is 5.88 Å². The van der Waals surface area contributed by atoms with E-state index in [-0.39, 0.29) is 24.8 Å². The second-order valence-corrected chi connectivity index (χ2v) is 5.22. The molecule has 1 aromatic heterocycles. The number of ether oxygens (including phenoxy) is 1. The normalized spacial score (nSPS) is 10.6. The van der Waals surface area contributed by atoms with Gasteiger partial charge in [-0.05, 0) is 11.6 Å². The highest BCUT2D eigenvalue weighted by molar-refractivity contribution is 5.86. The molecule has 0 fully saturated rings. The van der Waals surface area contributed by atoms with E-state index in [2.05, 4.69) is 15.3 Å². The lowest BCUT2D eigenvalue weighted by atomic mass is 10.2. The first-order valence-electron chi connectivity index (χ1n) is 7.65. The van der Waals surface area contributed by atoms with Gasteiger partial charge in [-0.2, -0.15) is 4.98 Å². The summed E-state index contributed by atoms with van der Waals surface area (Å²) in [6.07, 6.45) is 0. The van der Waals surface area contributed by atoms with E-state index < -0.39 is 4.92 Å². The number of anilines is 1. The minimum absolute atomic E-state index is 0.0347. The first-order chi connectivity index (χ1) is 12.2. The number of non-ortho nitro benzene ring substituents is 1. The summed E-state index contributed by atoms with van der Waals surface area (Å²) in [4.78, 5) is 19.1. The van der Waals surface area contributed by atoms with E-state index in [1.807, 2.05) is 30.3 Å². The van der Waals surface area contributed by atoms with E-state index >= 15 is 0 Å². The van der Waals surface area contributed by atoms with E-state index in [4.69, 9.17) is 9.84 Å². The molecule has 0 aliphatic heterocycles. The molecule has 0 aliphatic carbocycles. The summed E-state index contributed by atoms with van der Waals surface area (Å²) in [5, 5.41) is 23.5. The SMILES string of the molecule is O=[N+]([O-])c1ccc2nc(NCc3ccccc3)nc(OCCO)c2c1. The van der Waals surface area contributed by atoms with Crippen molar-refractivity contribution in [2.75, 3.05) is 18.5 Å². The Morgan fingerprint density at radius 1 is 1.16 bits per heavy atom. The summed E-state index contributed by atoms with van der Waals surface area (Å²) in [6, 6.07) is 14.1. The third-order valence-corrected chi connectivity index (χ3v) is 3.48. The summed E-state index contributed by atoms with van der Waals surface area (Å²) in [6.45, 7) is 0.374. The van der Waals surface area contributed by atoms with Crippen LogP contribution in [0.3, 0.4) is 0 Å². The number of fused-ring (bicyclic) bond motifs is 1. The fourth-order valence-corrected chi connectivity index (χ4v) is 2.31. The van der Waals surface area contributed by atoms with Gasteiger partial charge >= 0.3 is 0 Å². The quantitative estimate of drug-likeness (QED) is 0.502. The van der Waals surface area contributed by atoms with Crippen LogP contribution in [0.2, 0.25) is 0 Å². The Morgan fingerprint density at radius 2 is 1.96 bits per heavy atom. The predicted octanol–water partition coefficient (Wildman–Crippen LogP) is 2.52. The van der Waals surface area contributed by atoms with Gasteiger partial charge in [-0.3, -0.25) is 10.1 Å². The summed E-state index contributed by atoms with van der Waals surface area (Å²) in [5.41, 5.74) is 1.51. The molecule has 0 amide bonds. The average molecular weight is 340 g/mol. The molecule has 0 saturated heterocycles. The van der Waals surface area contributed by atoms with Gasteiger partial charge in [-0.1, -0.05) is 30.3 Å². The standard InChI is InChI=1S/C17H16N4O4/c22-8-9-25-16-14-10-13(21(23)24)6-7-15(14)19-17(20-16)18-11-12-4-2-1-3-5-12/h1-7,10,22H,8-9,11H2,(H,18,19,20). The highest BCUT2D eigenvalue weighted by Crippen LogP contribution is 2.28. The number of hydrogen-bond donors (Lipinski definition) is 2. The molecule has 3 rings (SSSR count). The number of hydrogen-bond acceptors (Lipinski definition) is 7. The van der Waals surface area contributed by atoms with Gasteiger partial charge in [-0.25, -0.2) is 4.98 Å². The lowest BCUT2D eigenvalue weighted by Crippen LogP contribution is -2.08. The van der Waals surface area contributed by atoms with E-state index in [0.717, 1.165) is 5.56 Å². The molecule has 0 bridgehead atoms. The minimum Gasteiger partial charge on any atom is -0.475 e. The van der Waals surface area contributed by atoms with Crippen molar-refractivity contribution in [1.82, 2.24) is 9.97 Å². The molecule has 8 heteroatoms. The third kappa shape index (κ3) is 3.99. The zero-order chi connectivity index (χ0) is 17.6. The van der Waals surface area contributed by atoms with Crippen LogP contribution < -0.4 is 10.1 Å². The van der Waals surface area contributed by atoms with Crippen molar-refractivity contribution in [1.29, 1.82) is 0 Å². The maximum atomic E-state index is 11.0. The van der Waals surface area contributed by atoms with Gasteiger partial charge in [0.15, 0.2) is 0 Å². The molecule has 0 aliphatic rings. The third-order valence-electron chi connectivity index (χ3n) is 3.48. The Balaban J connectivity index is 1.93. The van der Waals surface area contributed by atoms with Crippen LogP contribution in [0.4, 0.5) is 11.6 Å². The van der Waals surface area contributed by atoms with Gasteiger partial charge in [0.1, 0.15) is 6.61 Å². The Bertz CT molecular complexity index is 886. The zero-order valence-electron chi connectivity index (χ0n) is 13.3. The molecule has 0 spiro atoms. The maximum Gasteiger partial charge on any atom is 0.270 e. The van der Waals surface area contributed by atoms with Gasteiger partial charge in [-0.15, -0.1) is 0 Å². The number of aliphatic hydroxyl groups is 1. The molecule has 0 atom stereocenters. The molecule has 2 aromatic carbocycles. The molecule has 1 heterocycles. The highest BCUT2D eigenvalue weighted by Gasteiger charge is 2.14. The number of rotatable bonds is 7. The molecule has 8 nitrogen and oxygen atoms in total. The maximum absolute atomic E-state index is 11.0. The van der Waals surface area contributed by atoms with Crippen LogP contribution >= 0.6 is 0 Å². The predicted molar refractivity (Wildman–Crippen MR) is 92.5 cm³/mol. The second-order valence-electron chi connectivity index (χ2n) is 5.22. The molecule has 0 radical (unpaired) electrons. The fourth-order valence-electron chi connectivity index (χ4n) is 2.31. The number of aromatic nitrogens is 2. The largest absolute Gasteiger partial charge is 0.475 e. The Kier molecular flexibility index (Phi) is 5.00. The number of nitrogens with one attached hydrogen (secondary N) is 1. The minimum atomic E-state index is -0.489. The van der Waals surface area contributed by atoms with Gasteiger partial charge in [0, 0.05) is 18.7 Å². The highest BCUT2D eigenvalue weighted by atomic mass is 16.6. The van der Waals surface area contributed by atoms with Crippen LogP contribution in [0.5, 0.6) is 5.88 Å². The lowest BCUT2D eigenvalue weighted by molar-refractivity contribution is -0.384. The lowest BCUT2D eigenvalue weighted by Gasteiger charge is -2.10. The second kappa shape index (κ2) is 7.54. The van der Waals surface area contributed by atoms with Gasteiger partial charge < -0.3 is 15.2 Å². The number of nitro benzene ring substituents is 1. The molecule has 0 unspecified atom stereocenters. The van der Waals surface area contributed by atoms with Crippen LogP contribution in [-0.4, -0.2) is 33.2 Å². The van der Waals surface area contributed by atoms with Crippen molar-refractivity contribution in [2.24, 2.45) is 0 Å². The van der Waals surface area contributed by atoms with Crippen molar-refractivity contribution in [3.05, 3.63) is 64.2 Å². The molecular weight excluding hydrogens is 324 g/mol. The molecular formula is C17H16N4O4. The number of aliphatic hydroxyl groups excluding tert-OH is 1. The van der Waals surface area contributed by atoms with Crippen LogP contribution in [0.1, 0.15) is 5.56 Å². The Labute approximate surface area is 143 Å². The number of benzene rings is 2. The Morgan fingerprint density at radius 3 is 2.68 bits per heavy atom. The van der Waals surface area contributed by atoms with Crippen molar-refractivity contribution in [2.45, 2.75) is 6.54 Å². The van der Waals surface area contributed by atoms with Gasteiger partial charge in [0.05, 0.1) is 22.4 Å². The zero-order valence-corrected chi connectivity index (χ0v) is 13.3. The van der Waals surface area contributed by atoms with Gasteiger partial charge in [0.25, 0.3) is 5.69 Å². The fraction of sp³-hybridized carbons (Fsp3) is 0.176. The monoisotopic (exact) mass is 340 g/mol. The van der Waals surface area contributed by atoms with Gasteiger partial charge in [0.2, 0.25) is 11.8 Å². The number of nitro groups is 1. The van der Waals surface area contributed by atoms with Crippen molar-refractivity contribution < 1.29 is 14.8 Å². The van der Waals surface area contributed by atoms with E-state index in [9.17, 15) is 10.1 Å². The van der Waals surface area contributed by atoms with E-state index in [1.165, 1.54) is 12.1 Å². The first kappa shape index (κ1) is 16.6. The van der Waals surface area contributed by atoms with Crippen molar-refractivity contribution >= 4 is 22.5 Å². The molecule has 0 saturated carbocycles. The van der Waals surface area contributed by atoms with Crippen LogP contribution in [0.25, 0.3) is 10.9 Å². The van der Waals surface area contributed by atoms with E-state index in [1.54, 1.807) is 6.07 Å². The molecule has 3 aromatic rings. The summed E-state index contributed by atoms with van der Waals surface area (Å²) >= 11 is 0. The smallest absolute Gasteiger partial charge is 0.270 e. The van der Waals surface area contributed by atoms with Crippen LogP contribution in [0.15, 0.2) is 48.5 Å². The summed E-state index contributed by atoms with van der Waals surface area (Å²) in [7, 11) is 0. The molecule has 25 heavy (non-hydrogen) atoms.